The zero-order chi connectivity index (χ0) is 20.6. The predicted octanol–water partition coefficient (Wildman–Crippen LogP) is 4.93. The van der Waals surface area contributed by atoms with Crippen LogP contribution in [-0.4, -0.2) is 22.3 Å². The molecular formula is C23H32FN3O2. The second-order valence-corrected chi connectivity index (χ2v) is 8.05. The highest BCUT2D eigenvalue weighted by molar-refractivity contribution is 5.92. The number of ether oxygens (including phenoxy) is 1. The van der Waals surface area contributed by atoms with Crippen molar-refractivity contribution in [3.8, 4) is 5.75 Å². The Balaban J connectivity index is 1.40. The van der Waals surface area contributed by atoms with E-state index in [4.69, 9.17) is 4.74 Å². The molecule has 1 heterocycles. The van der Waals surface area contributed by atoms with Crippen LogP contribution in [0.25, 0.3) is 0 Å². The fourth-order valence-electron chi connectivity index (χ4n) is 3.75. The molecule has 5 nitrogen and oxygen atoms in total. The van der Waals surface area contributed by atoms with E-state index in [1.807, 2.05) is 6.92 Å². The van der Waals surface area contributed by atoms with E-state index in [-0.39, 0.29) is 18.2 Å². The van der Waals surface area contributed by atoms with Crippen LogP contribution in [0.2, 0.25) is 0 Å². The van der Waals surface area contributed by atoms with Crippen LogP contribution in [0, 0.1) is 18.7 Å². The van der Waals surface area contributed by atoms with Crippen LogP contribution in [-0.2, 0) is 13.6 Å². The molecule has 0 aliphatic heterocycles. The second kappa shape index (κ2) is 10.4. The Morgan fingerprint density at radius 1 is 1.28 bits per heavy atom. The number of hydrogen-bond acceptors (Lipinski definition) is 3. The van der Waals surface area contributed by atoms with Crippen molar-refractivity contribution in [3.05, 3.63) is 47.0 Å². The molecule has 0 unspecified atom stereocenters. The molecule has 1 aliphatic carbocycles. The monoisotopic (exact) mass is 401 g/mol. The number of aromatic nitrogens is 2. The maximum atomic E-state index is 14.7. The molecule has 6 heteroatoms. The van der Waals surface area contributed by atoms with E-state index in [9.17, 15) is 9.18 Å². The third kappa shape index (κ3) is 6.05. The summed E-state index contributed by atoms with van der Waals surface area (Å²) in [5, 5.41) is 6.91. The van der Waals surface area contributed by atoms with Gasteiger partial charge in [-0.2, -0.15) is 5.10 Å². The molecule has 0 radical (unpaired) electrons. The fourth-order valence-corrected chi connectivity index (χ4v) is 3.75. The highest BCUT2D eigenvalue weighted by Crippen LogP contribution is 2.31. The van der Waals surface area contributed by atoms with Gasteiger partial charge in [-0.05, 0) is 31.4 Å². The molecule has 1 amide bonds. The lowest BCUT2D eigenvalue weighted by Gasteiger charge is -2.24. The van der Waals surface area contributed by atoms with Gasteiger partial charge in [0.05, 0.1) is 12.3 Å². The molecule has 158 valence electrons. The molecule has 3 rings (SSSR count). The quantitative estimate of drug-likeness (QED) is 0.543. The summed E-state index contributed by atoms with van der Waals surface area (Å²) < 4.78 is 21.8. The van der Waals surface area contributed by atoms with Crippen LogP contribution in [0.5, 0.6) is 5.75 Å². The van der Waals surface area contributed by atoms with Gasteiger partial charge in [0, 0.05) is 19.2 Å². The average Bonchev–Trinajstić information content (AvgIpc) is 3.00. The van der Waals surface area contributed by atoms with Crippen molar-refractivity contribution in [2.24, 2.45) is 13.0 Å². The summed E-state index contributed by atoms with van der Waals surface area (Å²) in [6.07, 6.45) is 10.2. The first-order valence-corrected chi connectivity index (χ1v) is 10.7. The summed E-state index contributed by atoms with van der Waals surface area (Å²) in [7, 11) is 1.71. The molecular weight excluding hydrogens is 369 g/mol. The number of hydrogen-bond donors (Lipinski definition) is 1. The molecule has 0 spiro atoms. The number of unbranched alkanes of at least 4 members (excludes halogenated alkanes) is 3. The van der Waals surface area contributed by atoms with E-state index < -0.39 is 5.82 Å². The van der Waals surface area contributed by atoms with Gasteiger partial charge >= 0.3 is 0 Å². The van der Waals surface area contributed by atoms with Gasteiger partial charge in [0.15, 0.2) is 11.6 Å². The molecule has 2 aromatic rings. The Kier molecular flexibility index (Phi) is 7.67. The van der Waals surface area contributed by atoms with E-state index in [1.54, 1.807) is 31.3 Å². The lowest BCUT2D eigenvalue weighted by molar-refractivity contribution is 0.0941. The normalized spacial score (nSPS) is 13.9. The number of carbonyl (C=O) groups excluding carboxylic acids is 1. The minimum absolute atomic E-state index is 0.104. The van der Waals surface area contributed by atoms with Crippen molar-refractivity contribution in [1.82, 2.24) is 15.1 Å². The number of nitrogens with zero attached hydrogens (tertiary/aromatic N) is 2. The topological polar surface area (TPSA) is 56.1 Å². The van der Waals surface area contributed by atoms with Crippen LogP contribution >= 0.6 is 0 Å². The SMILES string of the molecule is Cc1cc(C(=O)NCc2cccc(OCCCCCCC3CCC3)c2F)n(C)n1. The highest BCUT2D eigenvalue weighted by atomic mass is 19.1. The van der Waals surface area contributed by atoms with Gasteiger partial charge in [0.25, 0.3) is 5.91 Å². The first-order valence-electron chi connectivity index (χ1n) is 10.7. The van der Waals surface area contributed by atoms with Crippen LogP contribution in [0.15, 0.2) is 24.3 Å². The van der Waals surface area contributed by atoms with Crippen LogP contribution in [0.4, 0.5) is 4.39 Å². The first kappa shape index (κ1) is 21.3. The lowest BCUT2D eigenvalue weighted by Crippen LogP contribution is -2.25. The van der Waals surface area contributed by atoms with Gasteiger partial charge in [0.1, 0.15) is 5.69 Å². The summed E-state index contributed by atoms with van der Waals surface area (Å²) in [6, 6.07) is 6.77. The molecule has 0 bridgehead atoms. The molecule has 0 saturated heterocycles. The van der Waals surface area contributed by atoms with E-state index in [2.05, 4.69) is 10.4 Å². The summed E-state index contributed by atoms with van der Waals surface area (Å²) >= 11 is 0. The minimum Gasteiger partial charge on any atom is -0.491 e. The van der Waals surface area contributed by atoms with Crippen LogP contribution < -0.4 is 10.1 Å². The Hall–Kier alpha value is -2.37. The average molecular weight is 402 g/mol. The third-order valence-corrected chi connectivity index (χ3v) is 5.71. The largest absolute Gasteiger partial charge is 0.491 e. The lowest BCUT2D eigenvalue weighted by atomic mass is 9.82. The fraction of sp³-hybridized carbons (Fsp3) is 0.565. The van der Waals surface area contributed by atoms with E-state index in [0.717, 1.165) is 24.5 Å². The Labute approximate surface area is 172 Å². The second-order valence-electron chi connectivity index (χ2n) is 8.05. The minimum atomic E-state index is -0.404. The number of nitrogens with one attached hydrogen (secondary N) is 1. The molecule has 1 fully saturated rings. The zero-order valence-electron chi connectivity index (χ0n) is 17.5. The van der Waals surface area contributed by atoms with Crippen LogP contribution in [0.1, 0.15) is 73.1 Å². The van der Waals surface area contributed by atoms with Crippen molar-refractivity contribution >= 4 is 5.91 Å². The predicted molar refractivity (Wildman–Crippen MR) is 111 cm³/mol. The highest BCUT2D eigenvalue weighted by Gasteiger charge is 2.16. The van der Waals surface area contributed by atoms with Gasteiger partial charge in [-0.1, -0.05) is 57.1 Å². The Bertz CT molecular complexity index is 814. The zero-order valence-corrected chi connectivity index (χ0v) is 17.5. The number of rotatable bonds is 11. The molecule has 1 saturated carbocycles. The molecule has 1 aromatic heterocycles. The summed E-state index contributed by atoms with van der Waals surface area (Å²) in [4.78, 5) is 12.3. The van der Waals surface area contributed by atoms with Crippen molar-refractivity contribution < 1.29 is 13.9 Å². The Morgan fingerprint density at radius 3 is 2.76 bits per heavy atom. The summed E-state index contributed by atoms with van der Waals surface area (Å²) in [5.41, 5.74) is 1.63. The van der Waals surface area contributed by atoms with Crippen molar-refractivity contribution in [1.29, 1.82) is 0 Å². The number of carbonyl (C=O) groups is 1. The van der Waals surface area contributed by atoms with E-state index in [1.165, 1.54) is 43.2 Å². The summed E-state index contributed by atoms with van der Waals surface area (Å²) in [6.45, 7) is 2.45. The number of benzene rings is 1. The van der Waals surface area contributed by atoms with Crippen molar-refractivity contribution in [2.45, 2.75) is 64.8 Å². The van der Waals surface area contributed by atoms with Crippen molar-refractivity contribution in [3.63, 3.8) is 0 Å². The smallest absolute Gasteiger partial charge is 0.269 e. The van der Waals surface area contributed by atoms with Crippen LogP contribution in [0.3, 0.4) is 0 Å². The van der Waals surface area contributed by atoms with Gasteiger partial charge in [0.2, 0.25) is 0 Å². The molecule has 0 atom stereocenters. The van der Waals surface area contributed by atoms with Gasteiger partial charge in [-0.3, -0.25) is 9.48 Å². The van der Waals surface area contributed by atoms with E-state index in [0.29, 0.717) is 17.9 Å². The molecule has 29 heavy (non-hydrogen) atoms. The van der Waals surface area contributed by atoms with Gasteiger partial charge in [-0.15, -0.1) is 0 Å². The van der Waals surface area contributed by atoms with Crippen molar-refractivity contribution in [2.75, 3.05) is 6.61 Å². The molecule has 1 aliphatic rings. The number of aryl methyl sites for hydroxylation is 2. The molecule has 1 N–H and O–H groups in total. The number of halogens is 1. The number of amides is 1. The standard InChI is InChI=1S/C23H32FN3O2/c1-17-15-20(27(2)26-17)23(28)25-16-19-12-8-13-21(22(19)24)29-14-6-4-3-5-9-18-10-7-11-18/h8,12-13,15,18H,3-7,9-11,14,16H2,1-2H3,(H,25,28). The first-order chi connectivity index (χ1) is 14.0. The van der Waals surface area contributed by atoms with Gasteiger partial charge in [-0.25, -0.2) is 4.39 Å². The maximum Gasteiger partial charge on any atom is 0.269 e. The maximum absolute atomic E-state index is 14.7. The third-order valence-electron chi connectivity index (χ3n) is 5.71. The summed E-state index contributed by atoms with van der Waals surface area (Å²) in [5.74, 6) is 0.549. The Morgan fingerprint density at radius 2 is 2.07 bits per heavy atom. The van der Waals surface area contributed by atoms with Gasteiger partial charge < -0.3 is 10.1 Å². The molecule has 1 aromatic carbocycles. The van der Waals surface area contributed by atoms with E-state index >= 15 is 0 Å².